The van der Waals surface area contributed by atoms with Crippen LogP contribution in [0.25, 0.3) is 0 Å². The lowest BCUT2D eigenvalue weighted by Crippen LogP contribution is -2.46. The maximum absolute atomic E-state index is 11.0. The summed E-state index contributed by atoms with van der Waals surface area (Å²) < 4.78 is 0. The predicted molar refractivity (Wildman–Crippen MR) is 78.7 cm³/mol. The molecule has 2 saturated heterocycles. The summed E-state index contributed by atoms with van der Waals surface area (Å²) in [6.07, 6.45) is 9.33. The first kappa shape index (κ1) is 14.3. The fraction of sp³-hybridized carbons (Fsp3) is 0.938. The Morgan fingerprint density at radius 1 is 1.10 bits per heavy atom. The Balaban J connectivity index is 1.37. The third-order valence-electron chi connectivity index (χ3n) is 5.71. The maximum atomic E-state index is 11.0. The number of nitrogens with zero attached hydrogens (tertiary/aromatic N) is 1. The van der Waals surface area contributed by atoms with Crippen LogP contribution in [0.5, 0.6) is 0 Å². The van der Waals surface area contributed by atoms with Gasteiger partial charge in [0, 0.05) is 12.1 Å². The highest BCUT2D eigenvalue weighted by atomic mass is 16.4. The van der Waals surface area contributed by atoms with Crippen molar-refractivity contribution in [1.82, 2.24) is 10.2 Å². The second-order valence-corrected chi connectivity index (χ2v) is 7.02. The molecule has 20 heavy (non-hydrogen) atoms. The van der Waals surface area contributed by atoms with Crippen molar-refractivity contribution in [2.75, 3.05) is 19.6 Å². The van der Waals surface area contributed by atoms with Gasteiger partial charge in [-0.05, 0) is 76.9 Å². The molecule has 0 aromatic heterocycles. The van der Waals surface area contributed by atoms with Crippen LogP contribution in [0.2, 0.25) is 0 Å². The smallest absolute Gasteiger partial charge is 0.306 e. The Labute approximate surface area is 121 Å². The molecule has 2 N–H and O–H groups in total. The summed E-state index contributed by atoms with van der Waals surface area (Å²) in [5.41, 5.74) is 0. The average molecular weight is 280 g/mol. The van der Waals surface area contributed by atoms with Gasteiger partial charge < -0.3 is 15.3 Å². The molecule has 2 unspecified atom stereocenters. The molecule has 4 heteroatoms. The molecule has 0 spiro atoms. The average Bonchev–Trinajstić information content (AvgIpc) is 2.93. The lowest BCUT2D eigenvalue weighted by atomic mass is 9.82. The van der Waals surface area contributed by atoms with E-state index in [1.807, 2.05) is 0 Å². The minimum absolute atomic E-state index is 0.0759. The van der Waals surface area contributed by atoms with Crippen LogP contribution in [0.1, 0.15) is 51.4 Å². The first-order chi connectivity index (χ1) is 9.72. The van der Waals surface area contributed by atoms with Crippen molar-refractivity contribution in [2.24, 2.45) is 11.8 Å². The molecule has 1 aliphatic carbocycles. The molecular weight excluding hydrogens is 252 g/mol. The van der Waals surface area contributed by atoms with Crippen molar-refractivity contribution in [1.29, 1.82) is 0 Å². The Bertz CT molecular complexity index is 339. The predicted octanol–water partition coefficient (Wildman–Crippen LogP) is 2.09. The van der Waals surface area contributed by atoms with Gasteiger partial charge in [0.05, 0.1) is 5.92 Å². The van der Waals surface area contributed by atoms with Crippen LogP contribution in [0.3, 0.4) is 0 Å². The molecule has 3 rings (SSSR count). The van der Waals surface area contributed by atoms with Crippen molar-refractivity contribution < 1.29 is 9.90 Å². The van der Waals surface area contributed by atoms with Crippen molar-refractivity contribution in [2.45, 2.75) is 63.5 Å². The number of carbonyl (C=O) groups is 1. The molecule has 0 amide bonds. The number of hydrogen-bond donors (Lipinski definition) is 2. The number of nitrogens with one attached hydrogen (secondary N) is 1. The van der Waals surface area contributed by atoms with Gasteiger partial charge in [-0.1, -0.05) is 0 Å². The van der Waals surface area contributed by atoms with Gasteiger partial charge in [-0.2, -0.15) is 0 Å². The second-order valence-electron chi connectivity index (χ2n) is 7.02. The number of aliphatic carboxylic acids is 1. The van der Waals surface area contributed by atoms with E-state index in [4.69, 9.17) is 5.11 Å². The number of hydrogen-bond acceptors (Lipinski definition) is 3. The molecule has 0 radical (unpaired) electrons. The highest BCUT2D eigenvalue weighted by Gasteiger charge is 2.32. The van der Waals surface area contributed by atoms with Crippen molar-refractivity contribution in [3.63, 3.8) is 0 Å². The number of carboxylic acids is 1. The van der Waals surface area contributed by atoms with Gasteiger partial charge in [-0.25, -0.2) is 0 Å². The summed E-state index contributed by atoms with van der Waals surface area (Å²) in [4.78, 5) is 13.6. The number of fused-ring (bicyclic) bond motifs is 1. The van der Waals surface area contributed by atoms with E-state index in [1.165, 1.54) is 38.8 Å². The molecule has 1 saturated carbocycles. The zero-order valence-electron chi connectivity index (χ0n) is 12.4. The molecule has 2 atom stereocenters. The van der Waals surface area contributed by atoms with E-state index in [1.54, 1.807) is 0 Å². The highest BCUT2D eigenvalue weighted by Crippen LogP contribution is 2.30. The number of piperidine rings is 1. The van der Waals surface area contributed by atoms with Crippen LogP contribution < -0.4 is 5.32 Å². The van der Waals surface area contributed by atoms with Gasteiger partial charge in [0.25, 0.3) is 0 Å². The standard InChI is InChI=1S/C16H28N2O2/c19-16(20)13-5-3-12(4-6-13)11-17-14-7-9-18-8-1-2-15(18)10-14/h12-15,17H,1-11H2,(H,19,20). The zero-order valence-corrected chi connectivity index (χ0v) is 12.4. The van der Waals surface area contributed by atoms with E-state index in [0.717, 1.165) is 38.3 Å². The minimum Gasteiger partial charge on any atom is -0.481 e. The Morgan fingerprint density at radius 3 is 2.65 bits per heavy atom. The molecule has 0 aromatic carbocycles. The zero-order chi connectivity index (χ0) is 13.9. The van der Waals surface area contributed by atoms with E-state index in [-0.39, 0.29) is 5.92 Å². The van der Waals surface area contributed by atoms with Crippen LogP contribution in [-0.4, -0.2) is 47.7 Å². The maximum Gasteiger partial charge on any atom is 0.306 e. The van der Waals surface area contributed by atoms with Crippen LogP contribution in [0.15, 0.2) is 0 Å². The second kappa shape index (κ2) is 6.44. The van der Waals surface area contributed by atoms with Gasteiger partial charge in [0.1, 0.15) is 0 Å². The third kappa shape index (κ3) is 3.34. The largest absolute Gasteiger partial charge is 0.481 e. The lowest BCUT2D eigenvalue weighted by molar-refractivity contribution is -0.143. The number of rotatable bonds is 4. The summed E-state index contributed by atoms with van der Waals surface area (Å²) in [6.45, 7) is 3.69. The van der Waals surface area contributed by atoms with Crippen LogP contribution in [0.4, 0.5) is 0 Å². The molecule has 2 heterocycles. The Hall–Kier alpha value is -0.610. The minimum atomic E-state index is -0.593. The van der Waals surface area contributed by atoms with Gasteiger partial charge in [-0.15, -0.1) is 0 Å². The number of carboxylic acid groups (broad SMARTS) is 1. The molecular formula is C16H28N2O2. The van der Waals surface area contributed by atoms with Crippen molar-refractivity contribution in [3.8, 4) is 0 Å². The summed E-state index contributed by atoms with van der Waals surface area (Å²) in [6, 6.07) is 1.54. The van der Waals surface area contributed by atoms with Gasteiger partial charge in [0.2, 0.25) is 0 Å². The Morgan fingerprint density at radius 2 is 1.90 bits per heavy atom. The van der Waals surface area contributed by atoms with Gasteiger partial charge >= 0.3 is 5.97 Å². The van der Waals surface area contributed by atoms with Gasteiger partial charge in [0.15, 0.2) is 0 Å². The van der Waals surface area contributed by atoms with E-state index in [2.05, 4.69) is 10.2 Å². The van der Waals surface area contributed by atoms with Crippen molar-refractivity contribution in [3.05, 3.63) is 0 Å². The monoisotopic (exact) mass is 280 g/mol. The summed E-state index contributed by atoms with van der Waals surface area (Å²) >= 11 is 0. The van der Waals surface area contributed by atoms with Gasteiger partial charge in [-0.3, -0.25) is 4.79 Å². The fourth-order valence-corrected chi connectivity index (χ4v) is 4.36. The third-order valence-corrected chi connectivity index (χ3v) is 5.71. The summed E-state index contributed by atoms with van der Waals surface area (Å²) in [7, 11) is 0. The first-order valence-electron chi connectivity index (χ1n) is 8.42. The first-order valence-corrected chi connectivity index (χ1v) is 8.42. The Kier molecular flexibility index (Phi) is 4.61. The van der Waals surface area contributed by atoms with Crippen LogP contribution >= 0.6 is 0 Å². The topological polar surface area (TPSA) is 52.6 Å². The van der Waals surface area contributed by atoms with Crippen molar-refractivity contribution >= 4 is 5.97 Å². The molecule has 4 nitrogen and oxygen atoms in total. The lowest BCUT2D eigenvalue weighted by Gasteiger charge is -2.36. The van der Waals surface area contributed by atoms with E-state index in [9.17, 15) is 4.79 Å². The quantitative estimate of drug-likeness (QED) is 0.828. The molecule has 3 aliphatic rings. The normalized spacial score (nSPS) is 38.6. The molecule has 3 fully saturated rings. The van der Waals surface area contributed by atoms with Crippen LogP contribution in [0, 0.1) is 11.8 Å². The van der Waals surface area contributed by atoms with E-state index < -0.39 is 5.97 Å². The highest BCUT2D eigenvalue weighted by molar-refractivity contribution is 5.69. The molecule has 0 aromatic rings. The summed E-state index contributed by atoms with van der Waals surface area (Å²) in [5.74, 6) is 0.0326. The fourth-order valence-electron chi connectivity index (χ4n) is 4.36. The summed E-state index contributed by atoms with van der Waals surface area (Å²) in [5, 5.41) is 12.8. The molecule has 114 valence electrons. The van der Waals surface area contributed by atoms with E-state index >= 15 is 0 Å². The molecule has 0 bridgehead atoms. The SMILES string of the molecule is O=C(O)C1CCC(CNC2CCN3CCCC3C2)CC1. The van der Waals surface area contributed by atoms with E-state index in [0.29, 0.717) is 12.0 Å². The molecule has 2 aliphatic heterocycles. The van der Waals surface area contributed by atoms with Crippen LogP contribution in [-0.2, 0) is 4.79 Å².